The van der Waals surface area contributed by atoms with Crippen molar-refractivity contribution in [3.63, 3.8) is 0 Å². The van der Waals surface area contributed by atoms with E-state index in [0.717, 1.165) is 25.7 Å². The Morgan fingerprint density at radius 3 is 2.31 bits per heavy atom. The Balaban J connectivity index is 2.51. The number of ketones is 2. The molecule has 1 aliphatic carbocycles. The highest BCUT2D eigenvalue weighted by molar-refractivity contribution is 6.39. The summed E-state index contributed by atoms with van der Waals surface area (Å²) in [5.74, 6) is -1.57. The van der Waals surface area contributed by atoms with E-state index in [1.54, 1.807) is 0 Å². The summed E-state index contributed by atoms with van der Waals surface area (Å²) < 4.78 is 0. The Bertz CT molecular complexity index is 206. The molecule has 1 aliphatic rings. The van der Waals surface area contributed by atoms with Crippen LogP contribution in [-0.2, 0) is 9.59 Å². The molecule has 0 bridgehead atoms. The van der Waals surface area contributed by atoms with Crippen molar-refractivity contribution in [2.45, 2.75) is 31.8 Å². The predicted octanol–water partition coefficient (Wildman–Crippen LogP) is -0.332. The zero-order chi connectivity index (χ0) is 9.84. The van der Waals surface area contributed by atoms with Crippen molar-refractivity contribution in [3.8, 4) is 0 Å². The van der Waals surface area contributed by atoms with Crippen molar-refractivity contribution in [1.29, 1.82) is 0 Å². The molecule has 0 amide bonds. The lowest BCUT2D eigenvalue weighted by atomic mass is 9.97. The summed E-state index contributed by atoms with van der Waals surface area (Å²) in [5, 5.41) is 17.4. The van der Waals surface area contributed by atoms with Crippen molar-refractivity contribution in [1.82, 2.24) is 0 Å². The summed E-state index contributed by atoms with van der Waals surface area (Å²) in [7, 11) is 0. The van der Waals surface area contributed by atoms with Crippen molar-refractivity contribution in [2.24, 2.45) is 5.92 Å². The molecular formula is C9H14O4. The van der Waals surface area contributed by atoms with Crippen LogP contribution in [0.2, 0.25) is 0 Å². The second-order valence-electron chi connectivity index (χ2n) is 3.41. The monoisotopic (exact) mass is 186 g/mol. The van der Waals surface area contributed by atoms with Crippen LogP contribution < -0.4 is 0 Å². The first-order chi connectivity index (χ1) is 6.16. The number of carbonyl (C=O) groups excluding carboxylic acids is 2. The Morgan fingerprint density at radius 1 is 1.31 bits per heavy atom. The van der Waals surface area contributed by atoms with E-state index in [1.165, 1.54) is 0 Å². The second-order valence-corrected chi connectivity index (χ2v) is 3.41. The minimum Gasteiger partial charge on any atom is -0.393 e. The number of rotatable bonds is 4. The first-order valence-corrected chi connectivity index (χ1v) is 4.53. The number of carbonyl (C=O) groups is 2. The van der Waals surface area contributed by atoms with Crippen molar-refractivity contribution >= 4 is 11.6 Å². The maximum Gasteiger partial charge on any atom is 0.229 e. The molecule has 13 heavy (non-hydrogen) atoms. The number of aliphatic hydroxyl groups excluding tert-OH is 2. The van der Waals surface area contributed by atoms with Gasteiger partial charge in [0.05, 0.1) is 6.61 Å². The molecule has 0 radical (unpaired) electrons. The molecule has 1 saturated carbocycles. The van der Waals surface area contributed by atoms with E-state index in [1.807, 2.05) is 0 Å². The molecule has 4 heteroatoms. The molecule has 0 aliphatic heterocycles. The SMILES string of the molecule is O=C(C(=O)C1CCCC1)C(O)CO. The molecular weight excluding hydrogens is 172 g/mol. The summed E-state index contributed by atoms with van der Waals surface area (Å²) in [5.41, 5.74) is 0. The smallest absolute Gasteiger partial charge is 0.229 e. The third kappa shape index (κ3) is 2.35. The molecule has 1 rings (SSSR count). The molecule has 4 nitrogen and oxygen atoms in total. The molecule has 1 unspecified atom stereocenters. The third-order valence-corrected chi connectivity index (χ3v) is 2.44. The van der Waals surface area contributed by atoms with Gasteiger partial charge in [0.15, 0.2) is 0 Å². The van der Waals surface area contributed by atoms with Gasteiger partial charge in [0.1, 0.15) is 6.10 Å². The third-order valence-electron chi connectivity index (χ3n) is 2.44. The molecule has 0 aromatic heterocycles. The van der Waals surface area contributed by atoms with Crippen molar-refractivity contribution < 1.29 is 19.8 Å². The molecule has 0 heterocycles. The van der Waals surface area contributed by atoms with Gasteiger partial charge in [-0.15, -0.1) is 0 Å². The molecule has 1 fully saturated rings. The first kappa shape index (κ1) is 10.3. The van der Waals surface area contributed by atoms with Crippen LogP contribution in [0.15, 0.2) is 0 Å². The Hall–Kier alpha value is -0.740. The van der Waals surface area contributed by atoms with E-state index < -0.39 is 24.3 Å². The fourth-order valence-corrected chi connectivity index (χ4v) is 1.64. The van der Waals surface area contributed by atoms with Gasteiger partial charge in [0.2, 0.25) is 11.6 Å². The van der Waals surface area contributed by atoms with Gasteiger partial charge in [-0.2, -0.15) is 0 Å². The quantitative estimate of drug-likeness (QED) is 0.589. The highest BCUT2D eigenvalue weighted by Gasteiger charge is 2.31. The topological polar surface area (TPSA) is 74.6 Å². The number of hydrogen-bond donors (Lipinski definition) is 2. The van der Waals surface area contributed by atoms with E-state index in [4.69, 9.17) is 10.2 Å². The molecule has 0 aromatic carbocycles. The van der Waals surface area contributed by atoms with Crippen LogP contribution in [0.4, 0.5) is 0 Å². The predicted molar refractivity (Wildman–Crippen MR) is 45.1 cm³/mol. The molecule has 2 N–H and O–H groups in total. The van der Waals surface area contributed by atoms with Gasteiger partial charge in [-0.05, 0) is 12.8 Å². The molecule has 0 aromatic rings. The molecule has 74 valence electrons. The molecule has 0 spiro atoms. The largest absolute Gasteiger partial charge is 0.393 e. The summed E-state index contributed by atoms with van der Waals surface area (Å²) >= 11 is 0. The molecule has 0 saturated heterocycles. The number of aliphatic hydroxyl groups is 2. The Kier molecular flexibility index (Phi) is 3.57. The zero-order valence-electron chi connectivity index (χ0n) is 7.40. The lowest BCUT2D eigenvalue weighted by Crippen LogP contribution is -2.34. The van der Waals surface area contributed by atoms with Gasteiger partial charge in [0, 0.05) is 5.92 Å². The highest BCUT2D eigenvalue weighted by Crippen LogP contribution is 2.25. The van der Waals surface area contributed by atoms with Gasteiger partial charge in [0.25, 0.3) is 0 Å². The summed E-state index contributed by atoms with van der Waals surface area (Å²) in [4.78, 5) is 22.4. The fraction of sp³-hybridized carbons (Fsp3) is 0.778. The first-order valence-electron chi connectivity index (χ1n) is 4.53. The van der Waals surface area contributed by atoms with Crippen LogP contribution in [0.25, 0.3) is 0 Å². The van der Waals surface area contributed by atoms with E-state index in [9.17, 15) is 9.59 Å². The van der Waals surface area contributed by atoms with E-state index >= 15 is 0 Å². The minimum absolute atomic E-state index is 0.214. The lowest BCUT2D eigenvalue weighted by molar-refractivity contribution is -0.144. The van der Waals surface area contributed by atoms with Crippen LogP contribution in [0.3, 0.4) is 0 Å². The average molecular weight is 186 g/mol. The summed E-state index contributed by atoms with van der Waals surface area (Å²) in [6, 6.07) is 0. The second kappa shape index (κ2) is 4.48. The van der Waals surface area contributed by atoms with Gasteiger partial charge in [-0.25, -0.2) is 0 Å². The maximum atomic E-state index is 11.3. The van der Waals surface area contributed by atoms with E-state index in [0.29, 0.717) is 0 Å². The average Bonchev–Trinajstić information content (AvgIpc) is 2.67. The number of hydrogen-bond acceptors (Lipinski definition) is 4. The van der Waals surface area contributed by atoms with Crippen molar-refractivity contribution in [3.05, 3.63) is 0 Å². The van der Waals surface area contributed by atoms with E-state index in [2.05, 4.69) is 0 Å². The summed E-state index contributed by atoms with van der Waals surface area (Å²) in [6.45, 7) is -0.669. The van der Waals surface area contributed by atoms with Gasteiger partial charge in [-0.1, -0.05) is 12.8 Å². The fourth-order valence-electron chi connectivity index (χ4n) is 1.64. The summed E-state index contributed by atoms with van der Waals surface area (Å²) in [6.07, 6.45) is 1.90. The Labute approximate surface area is 76.6 Å². The normalized spacial score (nSPS) is 20.2. The van der Waals surface area contributed by atoms with E-state index in [-0.39, 0.29) is 5.92 Å². The molecule has 1 atom stereocenters. The van der Waals surface area contributed by atoms with Gasteiger partial charge in [-0.3, -0.25) is 9.59 Å². The van der Waals surface area contributed by atoms with Crippen LogP contribution in [-0.4, -0.2) is 34.5 Å². The standard InChI is InChI=1S/C9H14O4/c10-5-7(11)9(13)8(12)6-3-1-2-4-6/h6-7,10-11H,1-5H2. The zero-order valence-corrected chi connectivity index (χ0v) is 7.40. The van der Waals surface area contributed by atoms with Crippen LogP contribution in [0, 0.1) is 5.92 Å². The minimum atomic E-state index is -1.52. The van der Waals surface area contributed by atoms with Gasteiger partial charge >= 0.3 is 0 Å². The Morgan fingerprint density at radius 2 is 1.85 bits per heavy atom. The van der Waals surface area contributed by atoms with Crippen molar-refractivity contribution in [2.75, 3.05) is 6.61 Å². The lowest BCUT2D eigenvalue weighted by Gasteiger charge is -2.09. The van der Waals surface area contributed by atoms with Gasteiger partial charge < -0.3 is 10.2 Å². The number of Topliss-reactive ketones (excluding diaryl/α,β-unsaturated/α-hetero) is 2. The highest BCUT2D eigenvalue weighted by atomic mass is 16.3. The van der Waals surface area contributed by atoms with Crippen LogP contribution in [0.5, 0.6) is 0 Å². The van der Waals surface area contributed by atoms with Crippen LogP contribution in [0.1, 0.15) is 25.7 Å². The maximum absolute atomic E-state index is 11.3. The van der Waals surface area contributed by atoms with Crippen LogP contribution >= 0.6 is 0 Å².